The highest BCUT2D eigenvalue weighted by Gasteiger charge is 2.21. The SMILES string of the molecule is CCOC(=O)/C(C(C#N)=Nc1ccccc1)=C(\C)O. The predicted octanol–water partition coefficient (Wildman–Crippen LogP) is 2.68. The van der Waals surface area contributed by atoms with Gasteiger partial charge in [-0.1, -0.05) is 18.2 Å². The van der Waals surface area contributed by atoms with Gasteiger partial charge in [0.1, 0.15) is 17.4 Å². The van der Waals surface area contributed by atoms with Crippen LogP contribution in [0.3, 0.4) is 0 Å². The zero-order valence-electron chi connectivity index (χ0n) is 10.8. The van der Waals surface area contributed by atoms with Gasteiger partial charge in [-0.3, -0.25) is 0 Å². The number of nitrogens with zero attached hydrogens (tertiary/aromatic N) is 2. The zero-order valence-corrected chi connectivity index (χ0v) is 10.8. The van der Waals surface area contributed by atoms with Gasteiger partial charge in [0.25, 0.3) is 0 Å². The molecular formula is C14H14N2O3. The molecule has 0 unspecified atom stereocenters. The third-order valence-electron chi connectivity index (χ3n) is 2.18. The summed E-state index contributed by atoms with van der Waals surface area (Å²) in [5, 5.41) is 18.6. The topological polar surface area (TPSA) is 82.7 Å². The van der Waals surface area contributed by atoms with Crippen LogP contribution < -0.4 is 0 Å². The van der Waals surface area contributed by atoms with Crippen LogP contribution in [-0.4, -0.2) is 23.4 Å². The number of hydrogen-bond acceptors (Lipinski definition) is 5. The van der Waals surface area contributed by atoms with Gasteiger partial charge >= 0.3 is 5.97 Å². The first-order valence-corrected chi connectivity index (χ1v) is 5.71. The van der Waals surface area contributed by atoms with E-state index in [2.05, 4.69) is 4.99 Å². The summed E-state index contributed by atoms with van der Waals surface area (Å²) in [4.78, 5) is 15.7. The number of rotatable bonds is 4. The molecule has 19 heavy (non-hydrogen) atoms. The molecule has 1 N–H and O–H groups in total. The van der Waals surface area contributed by atoms with E-state index in [0.717, 1.165) is 0 Å². The van der Waals surface area contributed by atoms with Crippen molar-refractivity contribution in [3.8, 4) is 6.07 Å². The number of ether oxygens (including phenoxy) is 1. The molecule has 0 aromatic heterocycles. The average molecular weight is 258 g/mol. The minimum Gasteiger partial charge on any atom is -0.512 e. The quantitative estimate of drug-likeness (QED) is 0.389. The molecule has 0 amide bonds. The van der Waals surface area contributed by atoms with E-state index in [1.165, 1.54) is 6.92 Å². The molecule has 0 aliphatic rings. The van der Waals surface area contributed by atoms with Crippen molar-refractivity contribution in [2.75, 3.05) is 6.61 Å². The molecule has 0 bridgehead atoms. The summed E-state index contributed by atoms with van der Waals surface area (Å²) in [5.41, 5.74) is 0.125. The fraction of sp³-hybridized carbons (Fsp3) is 0.214. The summed E-state index contributed by atoms with van der Waals surface area (Å²) < 4.78 is 4.80. The number of hydrogen-bond donors (Lipinski definition) is 1. The predicted molar refractivity (Wildman–Crippen MR) is 71.1 cm³/mol. The number of benzene rings is 1. The van der Waals surface area contributed by atoms with Crippen molar-refractivity contribution in [3.63, 3.8) is 0 Å². The van der Waals surface area contributed by atoms with Crippen LogP contribution in [0.2, 0.25) is 0 Å². The highest BCUT2D eigenvalue weighted by Crippen LogP contribution is 2.15. The van der Waals surface area contributed by atoms with E-state index in [1.54, 1.807) is 37.3 Å². The van der Waals surface area contributed by atoms with Gasteiger partial charge in [-0.15, -0.1) is 0 Å². The van der Waals surface area contributed by atoms with Crippen LogP contribution in [0.4, 0.5) is 5.69 Å². The summed E-state index contributed by atoms with van der Waals surface area (Å²) in [5.74, 6) is -1.06. The van der Waals surface area contributed by atoms with Crippen molar-refractivity contribution in [2.45, 2.75) is 13.8 Å². The second-order valence-electron chi connectivity index (χ2n) is 3.59. The maximum absolute atomic E-state index is 11.7. The molecule has 0 radical (unpaired) electrons. The number of nitriles is 1. The number of aliphatic imine (C=N–C) groups is 1. The van der Waals surface area contributed by atoms with Crippen molar-refractivity contribution in [1.82, 2.24) is 0 Å². The van der Waals surface area contributed by atoms with Crippen LogP contribution in [0, 0.1) is 11.3 Å². The number of carbonyl (C=O) groups excluding carboxylic acids is 1. The van der Waals surface area contributed by atoms with Gasteiger partial charge in [-0.2, -0.15) is 5.26 Å². The van der Waals surface area contributed by atoms with Crippen LogP contribution in [-0.2, 0) is 9.53 Å². The first-order valence-electron chi connectivity index (χ1n) is 5.71. The van der Waals surface area contributed by atoms with Gasteiger partial charge in [0.05, 0.1) is 12.3 Å². The standard InChI is InChI=1S/C14H14N2O3/c1-3-19-14(18)13(10(2)17)12(9-15)16-11-7-5-4-6-8-11/h4-8,17H,3H2,1-2H3/b13-10+,16-12?. The molecule has 0 fully saturated rings. The van der Waals surface area contributed by atoms with E-state index < -0.39 is 5.97 Å². The molecule has 1 aromatic carbocycles. The summed E-state index contributed by atoms with van der Waals surface area (Å²) in [7, 11) is 0. The van der Waals surface area contributed by atoms with Crippen LogP contribution >= 0.6 is 0 Å². The first-order chi connectivity index (χ1) is 9.10. The lowest BCUT2D eigenvalue weighted by Crippen LogP contribution is -2.16. The Morgan fingerprint density at radius 2 is 2.05 bits per heavy atom. The Labute approximate surface area is 111 Å². The Bertz CT molecular complexity index is 550. The van der Waals surface area contributed by atoms with Crippen LogP contribution in [0.5, 0.6) is 0 Å². The van der Waals surface area contributed by atoms with E-state index >= 15 is 0 Å². The van der Waals surface area contributed by atoms with Crippen LogP contribution in [0.1, 0.15) is 13.8 Å². The number of esters is 1. The summed E-state index contributed by atoms with van der Waals surface area (Å²) in [6.45, 7) is 3.10. The summed E-state index contributed by atoms with van der Waals surface area (Å²) in [6.07, 6.45) is 0. The maximum atomic E-state index is 11.7. The lowest BCUT2D eigenvalue weighted by Gasteiger charge is -2.06. The molecule has 1 rings (SSSR count). The second kappa shape index (κ2) is 6.97. The third kappa shape index (κ3) is 3.96. The van der Waals surface area contributed by atoms with E-state index in [1.807, 2.05) is 6.07 Å². The zero-order chi connectivity index (χ0) is 14.3. The van der Waals surface area contributed by atoms with Crippen LogP contribution in [0.15, 0.2) is 46.7 Å². The molecule has 0 heterocycles. The van der Waals surface area contributed by atoms with Gasteiger partial charge in [-0.05, 0) is 26.0 Å². The van der Waals surface area contributed by atoms with Crippen molar-refractivity contribution in [1.29, 1.82) is 5.26 Å². The number of aliphatic hydroxyl groups excluding tert-OH is 1. The smallest absolute Gasteiger partial charge is 0.344 e. The Morgan fingerprint density at radius 3 is 2.53 bits per heavy atom. The van der Waals surface area contributed by atoms with Crippen molar-refractivity contribution in [3.05, 3.63) is 41.7 Å². The van der Waals surface area contributed by atoms with E-state index in [0.29, 0.717) is 5.69 Å². The highest BCUT2D eigenvalue weighted by atomic mass is 16.5. The maximum Gasteiger partial charge on any atom is 0.344 e. The van der Waals surface area contributed by atoms with Crippen molar-refractivity contribution in [2.24, 2.45) is 4.99 Å². The average Bonchev–Trinajstić information content (AvgIpc) is 2.39. The fourth-order valence-electron chi connectivity index (χ4n) is 1.39. The molecule has 0 atom stereocenters. The van der Waals surface area contributed by atoms with E-state index in [-0.39, 0.29) is 23.7 Å². The van der Waals surface area contributed by atoms with Crippen molar-refractivity contribution >= 4 is 17.4 Å². The van der Waals surface area contributed by atoms with E-state index in [4.69, 9.17) is 10.00 Å². The normalized spacial score (nSPS) is 12.4. The Kier molecular flexibility index (Phi) is 5.30. The Hall–Kier alpha value is -2.61. The minimum atomic E-state index is -0.765. The molecule has 5 nitrogen and oxygen atoms in total. The Balaban J connectivity index is 3.21. The Morgan fingerprint density at radius 1 is 1.42 bits per heavy atom. The number of carbonyl (C=O) groups is 1. The number of para-hydroxylation sites is 1. The van der Waals surface area contributed by atoms with Gasteiger partial charge in [0.15, 0.2) is 5.71 Å². The highest BCUT2D eigenvalue weighted by molar-refractivity contribution is 6.27. The minimum absolute atomic E-state index is 0.152. The first kappa shape index (κ1) is 14.5. The molecule has 0 saturated carbocycles. The number of allylic oxidation sites excluding steroid dienone is 1. The van der Waals surface area contributed by atoms with Gasteiger partial charge in [0, 0.05) is 0 Å². The summed E-state index contributed by atoms with van der Waals surface area (Å²) in [6, 6.07) is 10.5. The van der Waals surface area contributed by atoms with E-state index in [9.17, 15) is 9.90 Å². The molecule has 1 aromatic rings. The largest absolute Gasteiger partial charge is 0.512 e. The molecule has 0 saturated heterocycles. The van der Waals surface area contributed by atoms with Crippen molar-refractivity contribution < 1.29 is 14.6 Å². The second-order valence-corrected chi connectivity index (χ2v) is 3.59. The molecule has 98 valence electrons. The summed E-state index contributed by atoms with van der Waals surface area (Å²) >= 11 is 0. The molecule has 5 heteroatoms. The van der Waals surface area contributed by atoms with Gasteiger partial charge in [0.2, 0.25) is 0 Å². The molecular weight excluding hydrogens is 244 g/mol. The van der Waals surface area contributed by atoms with Gasteiger partial charge in [-0.25, -0.2) is 9.79 Å². The molecule has 0 aliphatic heterocycles. The molecule has 0 aliphatic carbocycles. The lowest BCUT2D eigenvalue weighted by molar-refractivity contribution is -0.138. The lowest BCUT2D eigenvalue weighted by atomic mass is 10.1. The number of aliphatic hydroxyl groups is 1. The molecule has 0 spiro atoms. The van der Waals surface area contributed by atoms with Gasteiger partial charge < -0.3 is 9.84 Å². The fourth-order valence-corrected chi connectivity index (χ4v) is 1.39. The monoisotopic (exact) mass is 258 g/mol. The third-order valence-corrected chi connectivity index (χ3v) is 2.18. The van der Waals surface area contributed by atoms with Crippen LogP contribution in [0.25, 0.3) is 0 Å².